The number of ether oxygens (including phenoxy) is 1. The van der Waals surface area contributed by atoms with Gasteiger partial charge in [-0.3, -0.25) is 9.59 Å². The van der Waals surface area contributed by atoms with Gasteiger partial charge in [-0.1, -0.05) is 67.6 Å². The van der Waals surface area contributed by atoms with Gasteiger partial charge in [0.2, 0.25) is 0 Å². The molecule has 0 unspecified atom stereocenters. The first-order valence-corrected chi connectivity index (χ1v) is 9.11. The van der Waals surface area contributed by atoms with E-state index in [9.17, 15) is 9.59 Å². The average molecular weight is 358 g/mol. The molecule has 0 N–H and O–H groups in total. The molecule has 0 fully saturated rings. The third-order valence-electron chi connectivity index (χ3n) is 4.50. The van der Waals surface area contributed by atoms with Crippen LogP contribution in [-0.2, 0) is 4.79 Å². The highest BCUT2D eigenvalue weighted by molar-refractivity contribution is 5.95. The Labute approximate surface area is 159 Å². The number of hydrogen-bond acceptors (Lipinski definition) is 3. The number of rotatable bonds is 7. The van der Waals surface area contributed by atoms with Crippen LogP contribution in [0.1, 0.15) is 47.2 Å². The summed E-state index contributed by atoms with van der Waals surface area (Å²) >= 11 is 0. The lowest BCUT2D eigenvalue weighted by Crippen LogP contribution is -2.14. The van der Waals surface area contributed by atoms with Gasteiger partial charge in [-0.2, -0.15) is 0 Å². The Morgan fingerprint density at radius 1 is 0.778 bits per heavy atom. The Morgan fingerprint density at radius 3 is 1.78 bits per heavy atom. The van der Waals surface area contributed by atoms with E-state index in [0.717, 1.165) is 11.1 Å². The molecular formula is C24H22O3. The normalized spacial score (nSPS) is 10.6. The number of hydrogen-bond donors (Lipinski definition) is 0. The molecule has 0 atom stereocenters. The SMILES string of the molecule is CCC(=O)c1ccc(OC(=O)CC(c2ccccc2)c2ccccc2)cc1. The van der Waals surface area contributed by atoms with Gasteiger partial charge in [0.05, 0.1) is 6.42 Å². The third-order valence-corrected chi connectivity index (χ3v) is 4.50. The summed E-state index contributed by atoms with van der Waals surface area (Å²) in [6, 6.07) is 26.6. The fourth-order valence-electron chi connectivity index (χ4n) is 3.05. The van der Waals surface area contributed by atoms with Crippen molar-refractivity contribution in [3.63, 3.8) is 0 Å². The lowest BCUT2D eigenvalue weighted by molar-refractivity contribution is -0.134. The molecule has 0 amide bonds. The topological polar surface area (TPSA) is 43.4 Å². The summed E-state index contributed by atoms with van der Waals surface area (Å²) < 4.78 is 5.51. The van der Waals surface area contributed by atoms with Crippen LogP contribution < -0.4 is 4.74 Å². The van der Waals surface area contributed by atoms with Crippen molar-refractivity contribution < 1.29 is 14.3 Å². The van der Waals surface area contributed by atoms with E-state index in [-0.39, 0.29) is 24.1 Å². The van der Waals surface area contributed by atoms with Gasteiger partial charge in [-0.25, -0.2) is 0 Å². The number of ketones is 1. The van der Waals surface area contributed by atoms with Crippen molar-refractivity contribution >= 4 is 11.8 Å². The minimum atomic E-state index is -0.303. The molecule has 3 aromatic carbocycles. The lowest BCUT2D eigenvalue weighted by atomic mass is 9.88. The van der Waals surface area contributed by atoms with E-state index in [1.165, 1.54) is 0 Å². The van der Waals surface area contributed by atoms with Gasteiger partial charge in [-0.15, -0.1) is 0 Å². The van der Waals surface area contributed by atoms with Crippen LogP contribution >= 0.6 is 0 Å². The van der Waals surface area contributed by atoms with Crippen molar-refractivity contribution in [1.29, 1.82) is 0 Å². The smallest absolute Gasteiger partial charge is 0.312 e. The van der Waals surface area contributed by atoms with Crippen LogP contribution in [-0.4, -0.2) is 11.8 Å². The van der Waals surface area contributed by atoms with Crippen molar-refractivity contribution in [2.75, 3.05) is 0 Å². The molecule has 3 heteroatoms. The van der Waals surface area contributed by atoms with Gasteiger partial charge in [0.15, 0.2) is 5.78 Å². The fraction of sp³-hybridized carbons (Fsp3) is 0.167. The second kappa shape index (κ2) is 8.95. The number of benzene rings is 3. The zero-order chi connectivity index (χ0) is 19.1. The van der Waals surface area contributed by atoms with Crippen LogP contribution in [0, 0.1) is 0 Å². The number of carbonyl (C=O) groups is 2. The van der Waals surface area contributed by atoms with Crippen LogP contribution in [0.5, 0.6) is 5.75 Å². The standard InChI is InChI=1S/C24H22O3/c1-2-23(25)20-13-15-21(16-14-20)27-24(26)17-22(18-9-5-3-6-10-18)19-11-7-4-8-12-19/h3-16,22H,2,17H2,1H3. The second-order valence-electron chi connectivity index (χ2n) is 6.35. The molecule has 0 radical (unpaired) electrons. The van der Waals surface area contributed by atoms with E-state index in [2.05, 4.69) is 0 Å². The molecule has 3 rings (SSSR count). The quantitative estimate of drug-likeness (QED) is 0.322. The fourth-order valence-corrected chi connectivity index (χ4v) is 3.05. The van der Waals surface area contributed by atoms with Crippen molar-refractivity contribution in [2.45, 2.75) is 25.7 Å². The van der Waals surface area contributed by atoms with E-state index in [1.807, 2.05) is 67.6 Å². The van der Waals surface area contributed by atoms with Gasteiger partial charge in [0.25, 0.3) is 0 Å². The Kier molecular flexibility index (Phi) is 6.16. The average Bonchev–Trinajstić information content (AvgIpc) is 2.73. The molecule has 0 bridgehead atoms. The zero-order valence-corrected chi connectivity index (χ0v) is 15.3. The molecule has 0 saturated carbocycles. The molecule has 0 aliphatic heterocycles. The molecule has 3 nitrogen and oxygen atoms in total. The largest absolute Gasteiger partial charge is 0.427 e. The Bertz CT molecular complexity index is 844. The van der Waals surface area contributed by atoms with Crippen LogP contribution in [0.3, 0.4) is 0 Å². The zero-order valence-electron chi connectivity index (χ0n) is 15.3. The summed E-state index contributed by atoms with van der Waals surface area (Å²) in [5, 5.41) is 0. The van der Waals surface area contributed by atoms with Crippen molar-refractivity contribution in [2.24, 2.45) is 0 Å². The van der Waals surface area contributed by atoms with E-state index < -0.39 is 0 Å². The molecule has 0 aliphatic carbocycles. The van der Waals surface area contributed by atoms with E-state index in [4.69, 9.17) is 4.74 Å². The first kappa shape index (κ1) is 18.6. The van der Waals surface area contributed by atoms with Crippen LogP contribution in [0.25, 0.3) is 0 Å². The Hall–Kier alpha value is -3.20. The minimum Gasteiger partial charge on any atom is -0.427 e. The highest BCUT2D eigenvalue weighted by atomic mass is 16.5. The van der Waals surface area contributed by atoms with Crippen LogP contribution in [0.4, 0.5) is 0 Å². The molecule has 0 heterocycles. The summed E-state index contributed by atoms with van der Waals surface area (Å²) in [7, 11) is 0. The number of Topliss-reactive ketones (excluding diaryl/α,β-unsaturated/α-hetero) is 1. The van der Waals surface area contributed by atoms with Crippen molar-refractivity contribution in [3.05, 3.63) is 102 Å². The summed E-state index contributed by atoms with van der Waals surface area (Å²) in [5.74, 6) is 0.150. The summed E-state index contributed by atoms with van der Waals surface area (Å²) in [4.78, 5) is 24.3. The number of carbonyl (C=O) groups excluding carboxylic acids is 2. The summed E-state index contributed by atoms with van der Waals surface area (Å²) in [5.41, 5.74) is 2.78. The van der Waals surface area contributed by atoms with E-state index in [0.29, 0.717) is 17.7 Å². The third kappa shape index (κ3) is 4.91. The Balaban J connectivity index is 1.74. The van der Waals surface area contributed by atoms with E-state index >= 15 is 0 Å². The highest BCUT2D eigenvalue weighted by Gasteiger charge is 2.19. The molecule has 0 aliphatic rings. The van der Waals surface area contributed by atoms with Gasteiger partial charge >= 0.3 is 5.97 Å². The van der Waals surface area contributed by atoms with Gasteiger partial charge in [-0.05, 0) is 35.4 Å². The second-order valence-corrected chi connectivity index (χ2v) is 6.35. The summed E-state index contributed by atoms with van der Waals surface area (Å²) in [6.07, 6.45) is 0.693. The molecule has 0 spiro atoms. The van der Waals surface area contributed by atoms with Crippen LogP contribution in [0.2, 0.25) is 0 Å². The van der Waals surface area contributed by atoms with Crippen molar-refractivity contribution in [1.82, 2.24) is 0 Å². The van der Waals surface area contributed by atoms with Gasteiger partial charge < -0.3 is 4.74 Å². The molecule has 0 aromatic heterocycles. The number of esters is 1. The molecule has 3 aromatic rings. The van der Waals surface area contributed by atoms with Gasteiger partial charge in [0.1, 0.15) is 5.75 Å². The monoisotopic (exact) mass is 358 g/mol. The first-order valence-electron chi connectivity index (χ1n) is 9.11. The minimum absolute atomic E-state index is 0.0687. The molecule has 0 saturated heterocycles. The first-order chi connectivity index (χ1) is 13.2. The maximum Gasteiger partial charge on any atom is 0.312 e. The summed E-state index contributed by atoms with van der Waals surface area (Å²) in [6.45, 7) is 1.82. The van der Waals surface area contributed by atoms with Crippen molar-refractivity contribution in [3.8, 4) is 5.75 Å². The highest BCUT2D eigenvalue weighted by Crippen LogP contribution is 2.28. The van der Waals surface area contributed by atoms with Crippen LogP contribution in [0.15, 0.2) is 84.9 Å². The maximum atomic E-state index is 12.6. The molecule has 27 heavy (non-hydrogen) atoms. The predicted molar refractivity (Wildman–Crippen MR) is 106 cm³/mol. The van der Waals surface area contributed by atoms with E-state index in [1.54, 1.807) is 24.3 Å². The molecular weight excluding hydrogens is 336 g/mol. The predicted octanol–water partition coefficient (Wildman–Crippen LogP) is 5.41. The van der Waals surface area contributed by atoms with Gasteiger partial charge in [0, 0.05) is 17.9 Å². The Morgan fingerprint density at radius 2 is 1.30 bits per heavy atom. The molecule has 136 valence electrons. The maximum absolute atomic E-state index is 12.6. The lowest BCUT2D eigenvalue weighted by Gasteiger charge is -2.17.